The summed E-state index contributed by atoms with van der Waals surface area (Å²) in [6.07, 6.45) is 1.29. The Balaban J connectivity index is 2.11. The third-order valence-corrected chi connectivity index (χ3v) is 4.21. The lowest BCUT2D eigenvalue weighted by Gasteiger charge is -2.27. The number of fused-ring (bicyclic) bond motifs is 1. The van der Waals surface area contributed by atoms with Crippen LogP contribution in [-0.2, 0) is 9.47 Å². The molecule has 122 valence electrons. The van der Waals surface area contributed by atoms with E-state index in [1.165, 1.54) is 12.0 Å². The minimum atomic E-state index is -0.475. The van der Waals surface area contributed by atoms with E-state index < -0.39 is 12.1 Å². The fraction of sp³-hybridized carbons (Fsp3) is 0.111. The van der Waals surface area contributed by atoms with E-state index in [0.29, 0.717) is 22.6 Å². The standard InChI is InChI=1S/C18H14BrNO4/c1-20-15-8-5-12(17(21)23-2)10-14(15)16(24-18(20)22)9-11-3-6-13(19)7-4-11/h3-10H,1-2H3/b16-9-. The Morgan fingerprint density at radius 1 is 1.21 bits per heavy atom. The molecule has 2 aromatic rings. The second kappa shape index (κ2) is 6.49. The number of rotatable bonds is 2. The van der Waals surface area contributed by atoms with Crippen LogP contribution in [0.15, 0.2) is 46.9 Å². The van der Waals surface area contributed by atoms with Gasteiger partial charge >= 0.3 is 12.1 Å². The first-order chi connectivity index (χ1) is 11.5. The van der Waals surface area contributed by atoms with Crippen molar-refractivity contribution in [2.75, 3.05) is 19.1 Å². The Morgan fingerprint density at radius 2 is 1.92 bits per heavy atom. The molecule has 0 fully saturated rings. The SMILES string of the molecule is COC(=O)c1ccc2c(c1)/C(=C/c1ccc(Br)cc1)OC(=O)N2C. The van der Waals surface area contributed by atoms with Crippen LogP contribution in [-0.4, -0.2) is 26.2 Å². The summed E-state index contributed by atoms with van der Waals surface area (Å²) in [4.78, 5) is 25.2. The Bertz CT molecular complexity index is 843. The molecule has 6 heteroatoms. The first kappa shape index (κ1) is 16.3. The quantitative estimate of drug-likeness (QED) is 0.720. The topological polar surface area (TPSA) is 55.8 Å². The van der Waals surface area contributed by atoms with E-state index in [4.69, 9.17) is 9.47 Å². The molecular formula is C18H14BrNO4. The van der Waals surface area contributed by atoms with Gasteiger partial charge in [-0.2, -0.15) is 0 Å². The number of nitrogens with zero attached hydrogens (tertiary/aromatic N) is 1. The smallest absolute Gasteiger partial charge is 0.419 e. The zero-order valence-corrected chi connectivity index (χ0v) is 14.7. The lowest BCUT2D eigenvalue weighted by atomic mass is 10.0. The Morgan fingerprint density at radius 3 is 2.58 bits per heavy atom. The molecule has 3 rings (SSSR count). The average Bonchev–Trinajstić information content (AvgIpc) is 2.60. The molecule has 24 heavy (non-hydrogen) atoms. The number of esters is 1. The summed E-state index contributed by atoms with van der Waals surface area (Å²) in [6, 6.07) is 12.6. The van der Waals surface area contributed by atoms with Gasteiger partial charge in [-0.3, -0.25) is 4.90 Å². The van der Waals surface area contributed by atoms with Gasteiger partial charge in [-0.1, -0.05) is 28.1 Å². The van der Waals surface area contributed by atoms with Crippen molar-refractivity contribution in [3.63, 3.8) is 0 Å². The Kier molecular flexibility index (Phi) is 4.40. The molecule has 0 radical (unpaired) electrons. The van der Waals surface area contributed by atoms with Crippen molar-refractivity contribution in [3.05, 3.63) is 63.6 Å². The van der Waals surface area contributed by atoms with Crippen LogP contribution in [0.3, 0.4) is 0 Å². The van der Waals surface area contributed by atoms with E-state index in [0.717, 1.165) is 10.0 Å². The van der Waals surface area contributed by atoms with E-state index in [9.17, 15) is 9.59 Å². The van der Waals surface area contributed by atoms with Gasteiger partial charge < -0.3 is 9.47 Å². The highest BCUT2D eigenvalue weighted by molar-refractivity contribution is 9.10. The van der Waals surface area contributed by atoms with E-state index in [1.54, 1.807) is 31.3 Å². The second-order valence-corrected chi connectivity index (χ2v) is 6.13. The largest absolute Gasteiger partial charge is 0.465 e. The van der Waals surface area contributed by atoms with E-state index in [1.807, 2.05) is 24.3 Å². The molecule has 1 amide bonds. The van der Waals surface area contributed by atoms with Crippen molar-refractivity contribution < 1.29 is 19.1 Å². The first-order valence-electron chi connectivity index (χ1n) is 7.15. The zero-order chi connectivity index (χ0) is 17.3. The number of anilines is 1. The predicted octanol–water partition coefficient (Wildman–Crippen LogP) is 4.32. The number of ether oxygens (including phenoxy) is 2. The van der Waals surface area contributed by atoms with E-state index in [-0.39, 0.29) is 0 Å². The maximum absolute atomic E-state index is 12.1. The fourth-order valence-corrected chi connectivity index (χ4v) is 2.67. The number of cyclic esters (lactones) is 1. The van der Waals surface area contributed by atoms with Crippen molar-refractivity contribution in [3.8, 4) is 0 Å². The van der Waals surface area contributed by atoms with E-state index >= 15 is 0 Å². The molecule has 0 atom stereocenters. The van der Waals surface area contributed by atoms with Crippen molar-refractivity contribution in [1.29, 1.82) is 0 Å². The van der Waals surface area contributed by atoms with Crippen molar-refractivity contribution >= 4 is 45.5 Å². The molecule has 0 N–H and O–H groups in total. The van der Waals surface area contributed by atoms with Crippen LogP contribution in [0.5, 0.6) is 0 Å². The highest BCUT2D eigenvalue weighted by Crippen LogP contribution is 2.35. The molecule has 2 aromatic carbocycles. The number of carbonyl (C=O) groups is 2. The summed E-state index contributed by atoms with van der Waals surface area (Å²) < 4.78 is 11.1. The van der Waals surface area contributed by atoms with Crippen LogP contribution >= 0.6 is 15.9 Å². The number of carbonyl (C=O) groups excluding carboxylic acids is 2. The van der Waals surface area contributed by atoms with Crippen LogP contribution in [0, 0.1) is 0 Å². The number of hydrogen-bond acceptors (Lipinski definition) is 4. The lowest BCUT2D eigenvalue weighted by Crippen LogP contribution is -2.31. The van der Waals surface area contributed by atoms with Crippen LogP contribution in [0.25, 0.3) is 11.8 Å². The molecule has 0 bridgehead atoms. The minimum absolute atomic E-state index is 0.390. The molecule has 0 saturated heterocycles. The predicted molar refractivity (Wildman–Crippen MR) is 94.7 cm³/mol. The Labute approximate surface area is 147 Å². The normalized spacial score (nSPS) is 15.0. The maximum atomic E-state index is 12.1. The molecule has 5 nitrogen and oxygen atoms in total. The molecule has 1 aliphatic heterocycles. The molecule has 1 heterocycles. The van der Waals surface area contributed by atoms with E-state index in [2.05, 4.69) is 15.9 Å². The highest BCUT2D eigenvalue weighted by Gasteiger charge is 2.27. The van der Waals surface area contributed by atoms with Crippen molar-refractivity contribution in [1.82, 2.24) is 0 Å². The molecular weight excluding hydrogens is 374 g/mol. The summed E-state index contributed by atoms with van der Waals surface area (Å²) in [5, 5.41) is 0. The third kappa shape index (κ3) is 3.05. The van der Waals surface area contributed by atoms with Crippen molar-refractivity contribution in [2.45, 2.75) is 0 Å². The summed E-state index contributed by atoms with van der Waals surface area (Å²) in [5.41, 5.74) is 2.59. The third-order valence-electron chi connectivity index (χ3n) is 3.68. The number of halogens is 1. The van der Waals surface area contributed by atoms with Gasteiger partial charge in [0.05, 0.1) is 18.4 Å². The van der Waals surface area contributed by atoms with Crippen molar-refractivity contribution in [2.24, 2.45) is 0 Å². The number of hydrogen-bond donors (Lipinski definition) is 0. The molecule has 1 aliphatic rings. The highest BCUT2D eigenvalue weighted by atomic mass is 79.9. The Hall–Kier alpha value is -2.60. The van der Waals surface area contributed by atoms with Gasteiger partial charge in [0, 0.05) is 17.1 Å². The monoisotopic (exact) mass is 387 g/mol. The minimum Gasteiger partial charge on any atom is -0.465 e. The summed E-state index contributed by atoms with van der Waals surface area (Å²) in [7, 11) is 2.95. The van der Waals surface area contributed by atoms with Gasteiger partial charge in [0.15, 0.2) is 0 Å². The van der Waals surface area contributed by atoms with Gasteiger partial charge in [0.1, 0.15) is 5.76 Å². The summed E-state index contributed by atoms with van der Waals surface area (Å²) >= 11 is 3.38. The van der Waals surface area contributed by atoms with Gasteiger partial charge in [-0.05, 0) is 42.0 Å². The second-order valence-electron chi connectivity index (χ2n) is 5.21. The first-order valence-corrected chi connectivity index (χ1v) is 7.94. The summed E-state index contributed by atoms with van der Waals surface area (Å²) in [5.74, 6) is -0.0541. The van der Waals surface area contributed by atoms with Crippen LogP contribution < -0.4 is 4.90 Å². The number of amides is 1. The van der Waals surface area contributed by atoms with Gasteiger partial charge in [-0.25, -0.2) is 9.59 Å². The summed E-state index contributed by atoms with van der Waals surface area (Å²) in [6.45, 7) is 0. The van der Waals surface area contributed by atoms with Crippen LogP contribution in [0.2, 0.25) is 0 Å². The molecule has 0 saturated carbocycles. The molecule has 0 aromatic heterocycles. The molecule has 0 unspecified atom stereocenters. The van der Waals surface area contributed by atoms with Crippen LogP contribution in [0.4, 0.5) is 10.5 Å². The van der Waals surface area contributed by atoms with Gasteiger partial charge in [-0.15, -0.1) is 0 Å². The average molecular weight is 388 g/mol. The lowest BCUT2D eigenvalue weighted by molar-refractivity contribution is 0.0600. The zero-order valence-electron chi connectivity index (χ0n) is 13.1. The molecule has 0 aliphatic carbocycles. The maximum Gasteiger partial charge on any atom is 0.419 e. The van der Waals surface area contributed by atoms with Gasteiger partial charge in [0.2, 0.25) is 0 Å². The number of methoxy groups -OCH3 is 1. The van der Waals surface area contributed by atoms with Crippen LogP contribution in [0.1, 0.15) is 21.5 Å². The molecule has 0 spiro atoms. The fourth-order valence-electron chi connectivity index (χ4n) is 2.40. The number of benzene rings is 2. The van der Waals surface area contributed by atoms with Gasteiger partial charge in [0.25, 0.3) is 0 Å².